The maximum Gasteiger partial charge on any atom is 0.274 e. The van der Waals surface area contributed by atoms with Gasteiger partial charge in [-0.1, -0.05) is 18.2 Å². The average Bonchev–Trinajstić information content (AvgIpc) is 2.65. The predicted molar refractivity (Wildman–Crippen MR) is 107 cm³/mol. The molecule has 0 bridgehead atoms. The van der Waals surface area contributed by atoms with E-state index in [1.54, 1.807) is 31.2 Å². The summed E-state index contributed by atoms with van der Waals surface area (Å²) in [6.07, 6.45) is -0.0687. The summed E-state index contributed by atoms with van der Waals surface area (Å²) in [5.74, 6) is -1.16. The van der Waals surface area contributed by atoms with Crippen molar-refractivity contribution in [3.8, 4) is 5.75 Å². The first-order chi connectivity index (χ1) is 13.8. The summed E-state index contributed by atoms with van der Waals surface area (Å²) in [6.45, 7) is 5.34. The van der Waals surface area contributed by atoms with Crippen molar-refractivity contribution in [2.45, 2.75) is 26.9 Å². The van der Waals surface area contributed by atoms with Crippen molar-refractivity contribution in [2.75, 3.05) is 10.6 Å². The second kappa shape index (κ2) is 8.64. The summed E-state index contributed by atoms with van der Waals surface area (Å²) in [5, 5.41) is 5.32. The molecule has 29 heavy (non-hydrogen) atoms. The van der Waals surface area contributed by atoms with E-state index < -0.39 is 17.5 Å². The number of nitrogens with one attached hydrogen (secondary N) is 2. The molecule has 0 saturated heterocycles. The standard InChI is InChI=1S/C21H20F2N4O2/c1-12(2)29-18-10-5-4-9-16(18)26-21(28)17-11-19(25-13(3)24-17)27-20-14(22)7-6-8-15(20)23/h4-12H,1-3H3,(H,26,28)(H,24,25,27). The van der Waals surface area contributed by atoms with E-state index in [0.29, 0.717) is 11.4 Å². The summed E-state index contributed by atoms with van der Waals surface area (Å²) < 4.78 is 33.5. The SMILES string of the molecule is Cc1nc(Nc2c(F)cccc2F)cc(C(=O)Nc2ccccc2OC(C)C)n1. The van der Waals surface area contributed by atoms with E-state index in [-0.39, 0.29) is 29.1 Å². The zero-order chi connectivity index (χ0) is 21.0. The molecular weight excluding hydrogens is 378 g/mol. The van der Waals surface area contributed by atoms with Gasteiger partial charge in [0.15, 0.2) is 0 Å². The number of ether oxygens (including phenoxy) is 1. The van der Waals surface area contributed by atoms with Gasteiger partial charge in [0.25, 0.3) is 5.91 Å². The van der Waals surface area contributed by atoms with Crippen LogP contribution in [0.15, 0.2) is 48.5 Å². The van der Waals surface area contributed by atoms with E-state index in [2.05, 4.69) is 20.6 Å². The lowest BCUT2D eigenvalue weighted by Crippen LogP contribution is -2.17. The fraction of sp³-hybridized carbons (Fsp3) is 0.190. The topological polar surface area (TPSA) is 76.1 Å². The molecule has 6 nitrogen and oxygen atoms in total. The predicted octanol–water partition coefficient (Wildman–Crippen LogP) is 4.85. The van der Waals surface area contributed by atoms with Crippen molar-refractivity contribution in [1.82, 2.24) is 9.97 Å². The van der Waals surface area contributed by atoms with Crippen LogP contribution in [0, 0.1) is 18.6 Å². The maximum absolute atomic E-state index is 13.9. The van der Waals surface area contributed by atoms with Crippen molar-refractivity contribution >= 4 is 23.1 Å². The van der Waals surface area contributed by atoms with Gasteiger partial charge in [-0.3, -0.25) is 4.79 Å². The average molecular weight is 398 g/mol. The van der Waals surface area contributed by atoms with Gasteiger partial charge in [0.05, 0.1) is 11.8 Å². The molecule has 2 N–H and O–H groups in total. The number of nitrogens with zero attached hydrogens (tertiary/aromatic N) is 2. The first-order valence-electron chi connectivity index (χ1n) is 8.97. The highest BCUT2D eigenvalue weighted by molar-refractivity contribution is 6.04. The maximum atomic E-state index is 13.9. The number of aromatic nitrogens is 2. The van der Waals surface area contributed by atoms with Crippen LogP contribution in [0.25, 0.3) is 0 Å². The zero-order valence-corrected chi connectivity index (χ0v) is 16.2. The Kier molecular flexibility index (Phi) is 6.01. The molecule has 0 radical (unpaired) electrons. The molecule has 0 atom stereocenters. The van der Waals surface area contributed by atoms with E-state index in [1.807, 2.05) is 13.8 Å². The molecule has 150 valence electrons. The molecule has 1 aromatic heterocycles. The van der Waals surface area contributed by atoms with Crippen LogP contribution in [0.1, 0.15) is 30.2 Å². The summed E-state index contributed by atoms with van der Waals surface area (Å²) in [6, 6.07) is 11.8. The smallest absolute Gasteiger partial charge is 0.274 e. The van der Waals surface area contributed by atoms with Gasteiger partial charge in [0.1, 0.15) is 40.4 Å². The van der Waals surface area contributed by atoms with Crippen LogP contribution in [0.4, 0.5) is 26.0 Å². The number of benzene rings is 2. The minimum Gasteiger partial charge on any atom is -0.489 e. The zero-order valence-electron chi connectivity index (χ0n) is 16.2. The first-order valence-corrected chi connectivity index (χ1v) is 8.97. The molecule has 0 spiro atoms. The van der Waals surface area contributed by atoms with E-state index in [1.165, 1.54) is 12.1 Å². The second-order valence-electron chi connectivity index (χ2n) is 6.52. The van der Waals surface area contributed by atoms with Crippen LogP contribution in [0.3, 0.4) is 0 Å². The number of aryl methyl sites for hydroxylation is 1. The molecule has 1 amide bonds. The fourth-order valence-electron chi connectivity index (χ4n) is 2.61. The van der Waals surface area contributed by atoms with Crippen LogP contribution in [-0.4, -0.2) is 22.0 Å². The number of anilines is 3. The molecule has 1 heterocycles. The number of para-hydroxylation sites is 3. The van der Waals surface area contributed by atoms with Gasteiger partial charge in [-0.25, -0.2) is 18.7 Å². The lowest BCUT2D eigenvalue weighted by atomic mass is 10.2. The highest BCUT2D eigenvalue weighted by Crippen LogP contribution is 2.26. The van der Waals surface area contributed by atoms with Crippen molar-refractivity contribution in [3.05, 3.63) is 71.7 Å². The molecule has 0 fully saturated rings. The third kappa shape index (κ3) is 5.04. The van der Waals surface area contributed by atoms with E-state index in [4.69, 9.17) is 4.74 Å². The molecule has 2 aromatic carbocycles. The van der Waals surface area contributed by atoms with Gasteiger partial charge in [-0.05, 0) is 45.0 Å². The number of amides is 1. The van der Waals surface area contributed by atoms with Gasteiger partial charge in [-0.2, -0.15) is 0 Å². The highest BCUT2D eigenvalue weighted by atomic mass is 19.1. The first kappa shape index (κ1) is 20.2. The third-order valence-electron chi connectivity index (χ3n) is 3.78. The summed E-state index contributed by atoms with van der Waals surface area (Å²) in [4.78, 5) is 20.9. The van der Waals surface area contributed by atoms with Gasteiger partial charge >= 0.3 is 0 Å². The Bertz CT molecular complexity index is 1020. The summed E-state index contributed by atoms with van der Waals surface area (Å²) >= 11 is 0. The fourth-order valence-corrected chi connectivity index (χ4v) is 2.61. The number of halogens is 2. The minimum atomic E-state index is -0.771. The van der Waals surface area contributed by atoms with Gasteiger partial charge in [0.2, 0.25) is 0 Å². The third-order valence-corrected chi connectivity index (χ3v) is 3.78. The van der Waals surface area contributed by atoms with Crippen molar-refractivity contribution in [3.63, 3.8) is 0 Å². The van der Waals surface area contributed by atoms with Gasteiger partial charge in [0, 0.05) is 6.07 Å². The molecule has 3 rings (SSSR count). The lowest BCUT2D eigenvalue weighted by Gasteiger charge is -2.15. The number of rotatable bonds is 6. The van der Waals surface area contributed by atoms with Crippen LogP contribution in [0.5, 0.6) is 5.75 Å². The van der Waals surface area contributed by atoms with Crippen LogP contribution in [0.2, 0.25) is 0 Å². The van der Waals surface area contributed by atoms with Gasteiger partial charge in [-0.15, -0.1) is 0 Å². The van der Waals surface area contributed by atoms with Crippen LogP contribution < -0.4 is 15.4 Å². The monoisotopic (exact) mass is 398 g/mol. The quantitative estimate of drug-likeness (QED) is 0.621. The van der Waals surface area contributed by atoms with E-state index in [0.717, 1.165) is 12.1 Å². The molecule has 0 aliphatic carbocycles. The van der Waals surface area contributed by atoms with Crippen LogP contribution >= 0.6 is 0 Å². The molecule has 0 aliphatic rings. The number of carbonyl (C=O) groups excluding carboxylic acids is 1. The van der Waals surface area contributed by atoms with E-state index >= 15 is 0 Å². The molecule has 0 aliphatic heterocycles. The minimum absolute atomic E-state index is 0.0381. The number of hydrogen-bond donors (Lipinski definition) is 2. The Morgan fingerprint density at radius 1 is 1.03 bits per heavy atom. The van der Waals surface area contributed by atoms with Crippen LogP contribution in [-0.2, 0) is 0 Å². The molecule has 0 saturated carbocycles. The van der Waals surface area contributed by atoms with Crippen molar-refractivity contribution in [2.24, 2.45) is 0 Å². The highest BCUT2D eigenvalue weighted by Gasteiger charge is 2.15. The Balaban J connectivity index is 1.86. The van der Waals surface area contributed by atoms with E-state index in [9.17, 15) is 13.6 Å². The largest absolute Gasteiger partial charge is 0.489 e. The molecule has 0 unspecified atom stereocenters. The number of hydrogen-bond acceptors (Lipinski definition) is 5. The molecular formula is C21H20F2N4O2. The Morgan fingerprint density at radius 3 is 2.41 bits per heavy atom. The normalized spacial score (nSPS) is 10.7. The second-order valence-corrected chi connectivity index (χ2v) is 6.52. The van der Waals surface area contributed by atoms with Crippen molar-refractivity contribution < 1.29 is 18.3 Å². The Morgan fingerprint density at radius 2 is 1.72 bits per heavy atom. The molecule has 8 heteroatoms. The van der Waals surface area contributed by atoms with Crippen molar-refractivity contribution in [1.29, 1.82) is 0 Å². The lowest BCUT2D eigenvalue weighted by molar-refractivity contribution is 0.102. The summed E-state index contributed by atoms with van der Waals surface area (Å²) in [5.41, 5.74) is 0.167. The Labute approximate surface area is 167 Å². The summed E-state index contributed by atoms with van der Waals surface area (Å²) in [7, 11) is 0. The number of carbonyl (C=O) groups is 1. The Hall–Kier alpha value is -3.55. The molecule has 3 aromatic rings. The van der Waals surface area contributed by atoms with Gasteiger partial charge < -0.3 is 15.4 Å².